The molecule has 0 aliphatic carbocycles. The van der Waals surface area contributed by atoms with E-state index in [0.29, 0.717) is 0 Å². The van der Waals surface area contributed by atoms with E-state index in [1.807, 2.05) is 30.3 Å². The van der Waals surface area contributed by atoms with Gasteiger partial charge in [0.1, 0.15) is 17.1 Å². The molecule has 0 saturated carbocycles. The van der Waals surface area contributed by atoms with E-state index in [0.717, 1.165) is 23.3 Å². The van der Waals surface area contributed by atoms with Crippen LogP contribution in [0.1, 0.15) is 48.7 Å². The van der Waals surface area contributed by atoms with E-state index in [2.05, 4.69) is 13.8 Å². The lowest BCUT2D eigenvalue weighted by molar-refractivity contribution is -0.131. The quantitative estimate of drug-likeness (QED) is 0.575. The lowest BCUT2D eigenvalue weighted by Crippen LogP contribution is -2.23. The largest absolute Gasteiger partial charge is 0.497 e. The van der Waals surface area contributed by atoms with Gasteiger partial charge in [-0.05, 0) is 41.8 Å². The van der Waals surface area contributed by atoms with Crippen LogP contribution in [0.5, 0.6) is 11.5 Å². The Morgan fingerprint density at radius 2 is 1.62 bits per heavy atom. The highest BCUT2D eigenvalue weighted by atomic mass is 16.5. The average Bonchev–Trinajstić information content (AvgIpc) is 2.66. The second kappa shape index (κ2) is 8.04. The van der Waals surface area contributed by atoms with Gasteiger partial charge in [0.05, 0.1) is 14.2 Å². The normalized spacial score (nSPS) is 12.8. The molecule has 5 heteroatoms. The maximum Gasteiger partial charge on any atom is 0.341 e. The summed E-state index contributed by atoms with van der Waals surface area (Å²) in [4.78, 5) is 23.5. The summed E-state index contributed by atoms with van der Waals surface area (Å²) < 4.78 is 15.2. The fourth-order valence-electron chi connectivity index (χ4n) is 2.92. The summed E-state index contributed by atoms with van der Waals surface area (Å²) in [6.07, 6.45) is 0.812. The number of hydrogen-bond donors (Lipinski definition) is 0. The van der Waals surface area contributed by atoms with Crippen molar-refractivity contribution in [3.63, 3.8) is 0 Å². The molecule has 0 N–H and O–H groups in total. The lowest BCUT2D eigenvalue weighted by Gasteiger charge is -2.30. The standard InChI is InChI=1S/C21H24O5/c1-6-21(3,15-7-10-17(24-4)11-8-15)16-9-12-19(26-14(2)22)18(13-16)20(23)25-5/h7-13H,6H2,1-5H3. The third-order valence-electron chi connectivity index (χ3n) is 4.71. The summed E-state index contributed by atoms with van der Waals surface area (Å²) in [5.41, 5.74) is 1.93. The Hall–Kier alpha value is -2.82. The number of carbonyl (C=O) groups is 2. The van der Waals surface area contributed by atoms with Crippen LogP contribution in [0.25, 0.3) is 0 Å². The minimum absolute atomic E-state index is 0.196. The van der Waals surface area contributed by atoms with Gasteiger partial charge in [0.15, 0.2) is 0 Å². The van der Waals surface area contributed by atoms with Gasteiger partial charge in [-0.1, -0.05) is 32.0 Å². The number of carbonyl (C=O) groups excluding carboxylic acids is 2. The molecule has 2 aromatic rings. The maximum absolute atomic E-state index is 12.2. The molecule has 0 fully saturated rings. The Balaban J connectivity index is 2.55. The molecule has 1 atom stereocenters. The van der Waals surface area contributed by atoms with Crippen LogP contribution in [-0.2, 0) is 14.9 Å². The van der Waals surface area contributed by atoms with Crippen molar-refractivity contribution in [2.45, 2.75) is 32.6 Å². The van der Waals surface area contributed by atoms with Gasteiger partial charge in [0, 0.05) is 12.3 Å². The summed E-state index contributed by atoms with van der Waals surface area (Å²) in [5, 5.41) is 0. The monoisotopic (exact) mass is 356 g/mol. The Morgan fingerprint density at radius 1 is 1.00 bits per heavy atom. The van der Waals surface area contributed by atoms with Crippen LogP contribution in [0.3, 0.4) is 0 Å². The van der Waals surface area contributed by atoms with Crippen molar-refractivity contribution < 1.29 is 23.8 Å². The van der Waals surface area contributed by atoms with Crippen LogP contribution in [0.15, 0.2) is 42.5 Å². The number of benzene rings is 2. The van der Waals surface area contributed by atoms with Crippen LogP contribution < -0.4 is 9.47 Å². The lowest BCUT2D eigenvalue weighted by atomic mass is 9.74. The first-order valence-corrected chi connectivity index (χ1v) is 8.41. The van der Waals surface area contributed by atoms with E-state index in [9.17, 15) is 9.59 Å². The molecule has 1 unspecified atom stereocenters. The fourth-order valence-corrected chi connectivity index (χ4v) is 2.92. The van der Waals surface area contributed by atoms with Crippen LogP contribution in [0, 0.1) is 0 Å². The van der Waals surface area contributed by atoms with Crippen molar-refractivity contribution >= 4 is 11.9 Å². The molecule has 5 nitrogen and oxygen atoms in total. The molecule has 0 bridgehead atoms. The van der Waals surface area contributed by atoms with Crippen molar-refractivity contribution in [2.75, 3.05) is 14.2 Å². The Kier molecular flexibility index (Phi) is 6.03. The molecule has 2 aromatic carbocycles. The maximum atomic E-state index is 12.2. The van der Waals surface area contributed by atoms with Crippen LogP contribution >= 0.6 is 0 Å². The van der Waals surface area contributed by atoms with Gasteiger partial charge in [-0.3, -0.25) is 4.79 Å². The van der Waals surface area contributed by atoms with Crippen molar-refractivity contribution in [1.29, 1.82) is 0 Å². The first-order chi connectivity index (χ1) is 12.3. The highest BCUT2D eigenvalue weighted by molar-refractivity contribution is 5.93. The van der Waals surface area contributed by atoms with E-state index in [-0.39, 0.29) is 16.7 Å². The Morgan fingerprint density at radius 3 is 2.12 bits per heavy atom. The van der Waals surface area contributed by atoms with Gasteiger partial charge in [-0.25, -0.2) is 4.79 Å². The van der Waals surface area contributed by atoms with Crippen molar-refractivity contribution in [2.24, 2.45) is 0 Å². The Bertz CT molecular complexity index is 795. The molecule has 0 aliphatic heterocycles. The second-order valence-electron chi connectivity index (χ2n) is 6.21. The third kappa shape index (κ3) is 3.87. The zero-order chi connectivity index (χ0) is 19.3. The van der Waals surface area contributed by atoms with Crippen molar-refractivity contribution in [1.82, 2.24) is 0 Å². The minimum atomic E-state index is -0.545. The predicted octanol–water partition coefficient (Wildman–Crippen LogP) is 4.12. The molecule has 138 valence electrons. The van der Waals surface area contributed by atoms with Crippen LogP contribution in [-0.4, -0.2) is 26.2 Å². The summed E-state index contributed by atoms with van der Waals surface area (Å²) >= 11 is 0. The zero-order valence-electron chi connectivity index (χ0n) is 15.8. The van der Waals surface area contributed by atoms with E-state index in [1.165, 1.54) is 14.0 Å². The molecule has 0 aromatic heterocycles. The molecule has 0 amide bonds. The fraction of sp³-hybridized carbons (Fsp3) is 0.333. The molecule has 0 heterocycles. The highest BCUT2D eigenvalue weighted by Crippen LogP contribution is 2.38. The molecule has 2 rings (SSSR count). The smallest absolute Gasteiger partial charge is 0.341 e. The zero-order valence-corrected chi connectivity index (χ0v) is 15.8. The number of methoxy groups -OCH3 is 2. The van der Waals surface area contributed by atoms with Gasteiger partial charge in [-0.2, -0.15) is 0 Å². The molecule has 0 aliphatic rings. The first kappa shape index (κ1) is 19.5. The van der Waals surface area contributed by atoms with Crippen molar-refractivity contribution in [3.8, 4) is 11.5 Å². The summed E-state index contributed by atoms with van der Waals surface area (Å²) in [7, 11) is 2.93. The van der Waals surface area contributed by atoms with Crippen LogP contribution in [0.4, 0.5) is 0 Å². The van der Waals surface area contributed by atoms with Gasteiger partial charge in [0.2, 0.25) is 0 Å². The number of rotatable bonds is 6. The molecule has 0 saturated heterocycles. The van der Waals surface area contributed by atoms with E-state index >= 15 is 0 Å². The highest BCUT2D eigenvalue weighted by Gasteiger charge is 2.29. The van der Waals surface area contributed by atoms with Gasteiger partial charge >= 0.3 is 11.9 Å². The molecule has 0 radical (unpaired) electrons. The molecule has 0 spiro atoms. The molecular formula is C21H24O5. The minimum Gasteiger partial charge on any atom is -0.497 e. The summed E-state index contributed by atoms with van der Waals surface area (Å²) in [6, 6.07) is 13.1. The molecule has 26 heavy (non-hydrogen) atoms. The van der Waals surface area contributed by atoms with E-state index in [4.69, 9.17) is 14.2 Å². The topological polar surface area (TPSA) is 61.8 Å². The van der Waals surface area contributed by atoms with Gasteiger partial charge in [0.25, 0.3) is 0 Å². The number of esters is 2. The second-order valence-corrected chi connectivity index (χ2v) is 6.21. The van der Waals surface area contributed by atoms with E-state index in [1.54, 1.807) is 19.2 Å². The SMILES string of the molecule is CCC(C)(c1ccc(OC)cc1)c1ccc(OC(C)=O)c(C(=O)OC)c1. The third-order valence-corrected chi connectivity index (χ3v) is 4.71. The first-order valence-electron chi connectivity index (χ1n) is 8.41. The van der Waals surface area contributed by atoms with Gasteiger partial charge < -0.3 is 14.2 Å². The van der Waals surface area contributed by atoms with Gasteiger partial charge in [-0.15, -0.1) is 0 Å². The molecular weight excluding hydrogens is 332 g/mol. The van der Waals surface area contributed by atoms with E-state index < -0.39 is 11.9 Å². The number of ether oxygens (including phenoxy) is 3. The Labute approximate surface area is 153 Å². The van der Waals surface area contributed by atoms with Crippen molar-refractivity contribution in [3.05, 3.63) is 59.2 Å². The van der Waals surface area contributed by atoms with Crippen LogP contribution in [0.2, 0.25) is 0 Å². The average molecular weight is 356 g/mol. The summed E-state index contributed by atoms with van der Waals surface area (Å²) in [6.45, 7) is 5.49. The predicted molar refractivity (Wildman–Crippen MR) is 98.8 cm³/mol. The number of hydrogen-bond acceptors (Lipinski definition) is 5. The summed E-state index contributed by atoms with van der Waals surface area (Å²) in [5.74, 6) is -0.0541.